The van der Waals surface area contributed by atoms with E-state index in [2.05, 4.69) is 20.5 Å². The molecule has 1 atom stereocenters. The normalized spacial score (nSPS) is 23.6. The number of H-pyrrole nitrogens is 1. The molecule has 1 saturated heterocycles. The van der Waals surface area contributed by atoms with E-state index in [-0.39, 0.29) is 17.8 Å². The Morgan fingerprint density at radius 2 is 2.42 bits per heavy atom. The van der Waals surface area contributed by atoms with Crippen LogP contribution in [-0.2, 0) is 4.74 Å². The molecule has 2 heterocycles. The number of aromatic nitrogens is 3. The van der Waals surface area contributed by atoms with Crippen LogP contribution in [0.4, 0.5) is 0 Å². The Morgan fingerprint density at radius 3 is 3.16 bits per heavy atom. The second-order valence-corrected chi connectivity index (χ2v) is 5.12. The van der Waals surface area contributed by atoms with Crippen LogP contribution in [0.1, 0.15) is 35.2 Å². The van der Waals surface area contributed by atoms with Gasteiger partial charge < -0.3 is 15.0 Å². The minimum absolute atomic E-state index is 0.0459. The van der Waals surface area contributed by atoms with Crippen molar-refractivity contribution in [2.24, 2.45) is 0 Å². The zero-order chi connectivity index (χ0) is 13.2. The number of morpholine rings is 1. The van der Waals surface area contributed by atoms with E-state index < -0.39 is 0 Å². The largest absolute Gasteiger partial charge is 0.373 e. The molecule has 1 unspecified atom stereocenters. The first-order valence-corrected chi connectivity index (χ1v) is 6.75. The van der Waals surface area contributed by atoms with Crippen molar-refractivity contribution >= 4 is 5.91 Å². The van der Waals surface area contributed by atoms with Gasteiger partial charge in [0.2, 0.25) is 5.82 Å². The molecule has 2 N–H and O–H groups in total. The highest BCUT2D eigenvalue weighted by Crippen LogP contribution is 2.37. The Bertz CT molecular complexity index is 455. The lowest BCUT2D eigenvalue weighted by Crippen LogP contribution is -2.48. The van der Waals surface area contributed by atoms with Crippen molar-refractivity contribution in [2.75, 3.05) is 33.3 Å². The molecular formula is C12H19N5O2. The fourth-order valence-electron chi connectivity index (χ4n) is 2.31. The number of likely N-dealkylation sites (N-methyl/N-ethyl adjacent to an activating group) is 1. The number of carbonyl (C=O) groups is 1. The van der Waals surface area contributed by atoms with Crippen molar-refractivity contribution in [3.63, 3.8) is 0 Å². The third-order valence-corrected chi connectivity index (χ3v) is 3.52. The molecule has 1 aromatic heterocycles. The van der Waals surface area contributed by atoms with Gasteiger partial charge in [0.15, 0.2) is 0 Å². The first-order valence-electron chi connectivity index (χ1n) is 6.75. The molecule has 1 amide bonds. The Kier molecular flexibility index (Phi) is 3.48. The Labute approximate surface area is 111 Å². The van der Waals surface area contributed by atoms with Crippen molar-refractivity contribution in [2.45, 2.75) is 24.9 Å². The van der Waals surface area contributed by atoms with Crippen molar-refractivity contribution in [1.29, 1.82) is 0 Å². The standard InChI is InChI=1S/C12H19N5O2/c1-13-6-9-7-17(4-5-19-9)12(18)11-14-10(15-16-11)8-2-3-8/h8-9,13H,2-7H2,1H3,(H,14,15,16). The number of ether oxygens (including phenoxy) is 1. The average Bonchev–Trinajstić information content (AvgIpc) is 3.17. The van der Waals surface area contributed by atoms with Crippen molar-refractivity contribution in [3.8, 4) is 0 Å². The van der Waals surface area contributed by atoms with Crippen LogP contribution in [0, 0.1) is 0 Å². The molecule has 3 rings (SSSR count). The number of amides is 1. The molecule has 0 spiro atoms. The summed E-state index contributed by atoms with van der Waals surface area (Å²) in [5, 5.41) is 9.98. The predicted octanol–water partition coefficient (Wildman–Crippen LogP) is -0.258. The maximum atomic E-state index is 12.3. The summed E-state index contributed by atoms with van der Waals surface area (Å²) < 4.78 is 5.58. The summed E-state index contributed by atoms with van der Waals surface area (Å²) >= 11 is 0. The number of nitrogens with one attached hydrogen (secondary N) is 2. The second-order valence-electron chi connectivity index (χ2n) is 5.12. The molecule has 19 heavy (non-hydrogen) atoms. The molecular weight excluding hydrogens is 246 g/mol. The molecule has 1 saturated carbocycles. The number of hydrogen-bond donors (Lipinski definition) is 2. The topological polar surface area (TPSA) is 83.1 Å². The van der Waals surface area contributed by atoms with Gasteiger partial charge in [-0.15, -0.1) is 5.10 Å². The van der Waals surface area contributed by atoms with Crippen LogP contribution in [-0.4, -0.2) is 65.4 Å². The van der Waals surface area contributed by atoms with Crippen LogP contribution in [0.2, 0.25) is 0 Å². The summed E-state index contributed by atoms with van der Waals surface area (Å²) in [5.74, 6) is 1.51. The summed E-state index contributed by atoms with van der Waals surface area (Å²) in [5.41, 5.74) is 0. The van der Waals surface area contributed by atoms with Gasteiger partial charge in [0.05, 0.1) is 12.7 Å². The van der Waals surface area contributed by atoms with Crippen LogP contribution >= 0.6 is 0 Å². The van der Waals surface area contributed by atoms with E-state index in [9.17, 15) is 4.79 Å². The number of hydrogen-bond acceptors (Lipinski definition) is 5. The summed E-state index contributed by atoms with van der Waals surface area (Å²) in [4.78, 5) is 18.4. The zero-order valence-corrected chi connectivity index (χ0v) is 11.1. The molecule has 104 valence electrons. The lowest BCUT2D eigenvalue weighted by atomic mass is 10.2. The highest BCUT2D eigenvalue weighted by atomic mass is 16.5. The van der Waals surface area contributed by atoms with Crippen LogP contribution in [0.5, 0.6) is 0 Å². The highest BCUT2D eigenvalue weighted by Gasteiger charge is 2.30. The lowest BCUT2D eigenvalue weighted by Gasteiger charge is -2.32. The van der Waals surface area contributed by atoms with Crippen molar-refractivity contribution in [3.05, 3.63) is 11.6 Å². The molecule has 2 fully saturated rings. The summed E-state index contributed by atoms with van der Waals surface area (Å²) in [6.45, 7) is 2.50. The number of nitrogens with zero attached hydrogens (tertiary/aromatic N) is 3. The predicted molar refractivity (Wildman–Crippen MR) is 67.9 cm³/mol. The smallest absolute Gasteiger partial charge is 0.293 e. The number of rotatable bonds is 4. The van der Waals surface area contributed by atoms with Crippen LogP contribution in [0.25, 0.3) is 0 Å². The molecule has 1 aliphatic heterocycles. The summed E-state index contributed by atoms with van der Waals surface area (Å²) in [7, 11) is 1.88. The first-order chi connectivity index (χ1) is 9.28. The van der Waals surface area contributed by atoms with E-state index >= 15 is 0 Å². The van der Waals surface area contributed by atoms with E-state index in [1.165, 1.54) is 0 Å². The van der Waals surface area contributed by atoms with Gasteiger partial charge in [-0.1, -0.05) is 0 Å². The Hall–Kier alpha value is -1.47. The third-order valence-electron chi connectivity index (χ3n) is 3.52. The van der Waals surface area contributed by atoms with E-state index in [1.807, 2.05) is 7.05 Å². The maximum absolute atomic E-state index is 12.3. The summed E-state index contributed by atoms with van der Waals surface area (Å²) in [6.07, 6.45) is 2.33. The van der Waals surface area contributed by atoms with Gasteiger partial charge in [-0.05, 0) is 19.9 Å². The fraction of sp³-hybridized carbons (Fsp3) is 0.750. The van der Waals surface area contributed by atoms with Gasteiger partial charge >= 0.3 is 0 Å². The number of carbonyl (C=O) groups excluding carboxylic acids is 1. The van der Waals surface area contributed by atoms with E-state index in [0.29, 0.717) is 25.6 Å². The van der Waals surface area contributed by atoms with Crippen LogP contribution < -0.4 is 5.32 Å². The van der Waals surface area contributed by atoms with Gasteiger partial charge in [0, 0.05) is 25.6 Å². The lowest BCUT2D eigenvalue weighted by molar-refractivity contribution is -0.0200. The second kappa shape index (κ2) is 5.26. The first kappa shape index (κ1) is 12.6. The van der Waals surface area contributed by atoms with Gasteiger partial charge in [-0.25, -0.2) is 4.98 Å². The van der Waals surface area contributed by atoms with E-state index in [0.717, 1.165) is 25.2 Å². The van der Waals surface area contributed by atoms with Gasteiger partial charge in [-0.2, -0.15) is 0 Å². The molecule has 7 nitrogen and oxygen atoms in total. The van der Waals surface area contributed by atoms with Crippen molar-refractivity contribution < 1.29 is 9.53 Å². The van der Waals surface area contributed by atoms with E-state index in [1.54, 1.807) is 4.90 Å². The third kappa shape index (κ3) is 2.76. The maximum Gasteiger partial charge on any atom is 0.293 e. The quantitative estimate of drug-likeness (QED) is 0.784. The molecule has 1 aliphatic carbocycles. The SMILES string of the molecule is CNCC1CN(C(=O)c2n[nH]c(C3CC3)n2)CCO1. The van der Waals surface area contributed by atoms with Crippen molar-refractivity contribution in [1.82, 2.24) is 25.4 Å². The average molecular weight is 265 g/mol. The molecule has 2 aliphatic rings. The van der Waals surface area contributed by atoms with E-state index in [4.69, 9.17) is 4.74 Å². The van der Waals surface area contributed by atoms with Crippen LogP contribution in [0.3, 0.4) is 0 Å². The monoisotopic (exact) mass is 265 g/mol. The molecule has 0 bridgehead atoms. The minimum atomic E-state index is -0.104. The van der Waals surface area contributed by atoms with Gasteiger partial charge in [0.25, 0.3) is 5.91 Å². The van der Waals surface area contributed by atoms with Gasteiger partial charge in [0.1, 0.15) is 5.82 Å². The Morgan fingerprint density at radius 1 is 1.58 bits per heavy atom. The van der Waals surface area contributed by atoms with Crippen LogP contribution in [0.15, 0.2) is 0 Å². The molecule has 0 aromatic carbocycles. The molecule has 7 heteroatoms. The Balaban J connectivity index is 1.64. The molecule has 1 aromatic rings. The minimum Gasteiger partial charge on any atom is -0.373 e. The molecule has 0 radical (unpaired) electrons. The summed E-state index contributed by atoms with van der Waals surface area (Å²) in [6, 6.07) is 0. The highest BCUT2D eigenvalue weighted by molar-refractivity contribution is 5.90. The fourth-order valence-corrected chi connectivity index (χ4v) is 2.31. The van der Waals surface area contributed by atoms with Gasteiger partial charge in [-0.3, -0.25) is 9.89 Å². The zero-order valence-electron chi connectivity index (χ0n) is 11.1. The number of aromatic amines is 1.